The van der Waals surface area contributed by atoms with Crippen molar-refractivity contribution in [2.45, 2.75) is 69.2 Å². The molecule has 22 heavy (non-hydrogen) atoms. The molecule has 2 spiro atoms. The Morgan fingerprint density at radius 1 is 1.32 bits per heavy atom. The quantitative estimate of drug-likeness (QED) is 0.428. The molecule has 0 amide bonds. The van der Waals surface area contributed by atoms with Crippen molar-refractivity contribution in [1.82, 2.24) is 0 Å². The Bertz CT molecular complexity index is 622. The first kappa shape index (κ1) is 14.2. The van der Waals surface area contributed by atoms with E-state index in [0.717, 1.165) is 0 Å². The molecule has 5 rings (SSSR count). The van der Waals surface area contributed by atoms with Crippen LogP contribution < -0.4 is 0 Å². The molecule has 0 aromatic rings. The monoisotopic (exact) mass is 372 g/mol. The molecule has 6 heteroatoms. The molecule has 0 radical (unpaired) electrons. The zero-order valence-corrected chi connectivity index (χ0v) is 14.8. The Balaban J connectivity index is 1.81. The fourth-order valence-corrected chi connectivity index (χ4v) is 7.39. The van der Waals surface area contributed by atoms with Gasteiger partial charge < -0.3 is 19.3 Å². The van der Waals surface area contributed by atoms with Crippen LogP contribution in [0.5, 0.6) is 0 Å². The number of esters is 1. The summed E-state index contributed by atoms with van der Waals surface area (Å²) in [6.45, 7) is 8.40. The Hall–Kier alpha value is -0.170. The first-order valence-corrected chi connectivity index (χ1v) is 9.08. The van der Waals surface area contributed by atoms with Crippen LogP contribution in [0.25, 0.3) is 0 Å². The van der Waals surface area contributed by atoms with Crippen molar-refractivity contribution in [2.75, 3.05) is 5.33 Å². The fourth-order valence-electron chi connectivity index (χ4n) is 6.93. The van der Waals surface area contributed by atoms with E-state index >= 15 is 0 Å². The van der Waals surface area contributed by atoms with Crippen molar-refractivity contribution in [1.29, 1.82) is 0 Å². The highest BCUT2D eigenvalue weighted by atomic mass is 79.9. The number of carbonyl (C=O) groups is 1. The van der Waals surface area contributed by atoms with Crippen LogP contribution in [-0.2, 0) is 19.0 Å². The van der Waals surface area contributed by atoms with Crippen LogP contribution in [-0.4, -0.2) is 51.5 Å². The Kier molecular flexibility index (Phi) is 2.13. The number of aliphatic hydroxyl groups is 1. The fraction of sp³-hybridized carbons (Fsp3) is 0.938. The highest BCUT2D eigenvalue weighted by Gasteiger charge is 2.97. The molecule has 2 aliphatic carbocycles. The maximum Gasteiger partial charge on any atom is 0.342 e. The summed E-state index contributed by atoms with van der Waals surface area (Å²) in [6.07, 6.45) is -0.734. The first-order chi connectivity index (χ1) is 10.1. The normalized spacial score (nSPS) is 66.0. The molecule has 5 aliphatic rings. The molecule has 5 fully saturated rings. The number of ether oxygens (including phenoxy) is 3. The van der Waals surface area contributed by atoms with Gasteiger partial charge in [-0.15, -0.1) is 0 Å². The minimum atomic E-state index is -0.904. The average molecular weight is 373 g/mol. The standard InChI is InChI=1S/C16H21BrO5/c1-12(2)9-8(18)10-14(4)15(12,22-13(9,3)6-17)5-7-16(14,21-7)11(19)20-10/h7-10,18H,5-6H2,1-4H3/t7-,8?,9?,10?,13?,14?,15?,16+/m1/s1. The van der Waals surface area contributed by atoms with Gasteiger partial charge >= 0.3 is 5.97 Å². The number of hydrogen-bond acceptors (Lipinski definition) is 5. The van der Waals surface area contributed by atoms with E-state index in [0.29, 0.717) is 11.8 Å². The number of alkyl halides is 1. The average Bonchev–Trinajstić information content (AvgIpc) is 3.00. The molecule has 8 atom stereocenters. The largest absolute Gasteiger partial charge is 0.457 e. The number of halogens is 1. The third-order valence-electron chi connectivity index (χ3n) is 7.71. The van der Waals surface area contributed by atoms with Gasteiger partial charge in [-0.3, -0.25) is 0 Å². The van der Waals surface area contributed by atoms with Gasteiger partial charge in [0.2, 0.25) is 5.60 Å². The molecule has 3 saturated heterocycles. The van der Waals surface area contributed by atoms with Gasteiger partial charge in [0.25, 0.3) is 0 Å². The van der Waals surface area contributed by atoms with Gasteiger partial charge in [0.05, 0.1) is 22.7 Å². The van der Waals surface area contributed by atoms with Gasteiger partial charge in [0.15, 0.2) is 0 Å². The summed E-state index contributed by atoms with van der Waals surface area (Å²) in [6, 6.07) is 0. The predicted octanol–water partition coefficient (Wildman–Crippen LogP) is 1.40. The van der Waals surface area contributed by atoms with Crippen LogP contribution in [0.2, 0.25) is 0 Å². The molecule has 0 aromatic carbocycles. The van der Waals surface area contributed by atoms with E-state index in [1.807, 2.05) is 6.92 Å². The summed E-state index contributed by atoms with van der Waals surface area (Å²) in [4.78, 5) is 12.5. The summed E-state index contributed by atoms with van der Waals surface area (Å²) in [5, 5.41) is 11.8. The molecule has 5 nitrogen and oxygen atoms in total. The summed E-state index contributed by atoms with van der Waals surface area (Å²) >= 11 is 3.57. The van der Waals surface area contributed by atoms with E-state index in [-0.39, 0.29) is 23.4 Å². The van der Waals surface area contributed by atoms with Gasteiger partial charge in [-0.05, 0) is 13.8 Å². The Morgan fingerprint density at radius 2 is 2.00 bits per heavy atom. The summed E-state index contributed by atoms with van der Waals surface area (Å²) < 4.78 is 18.2. The minimum Gasteiger partial charge on any atom is -0.457 e. The number of carbonyl (C=O) groups excluding carboxylic acids is 1. The lowest BCUT2D eigenvalue weighted by atomic mass is 9.47. The third-order valence-corrected chi connectivity index (χ3v) is 8.83. The highest BCUT2D eigenvalue weighted by molar-refractivity contribution is 9.09. The van der Waals surface area contributed by atoms with Crippen LogP contribution in [0.15, 0.2) is 0 Å². The molecule has 2 saturated carbocycles. The number of aliphatic hydroxyl groups excluding tert-OH is 1. The molecule has 6 unspecified atom stereocenters. The van der Waals surface area contributed by atoms with E-state index in [1.165, 1.54) is 0 Å². The zero-order valence-electron chi connectivity index (χ0n) is 13.2. The van der Waals surface area contributed by atoms with Gasteiger partial charge in [0.1, 0.15) is 12.2 Å². The number of rotatable bonds is 1. The van der Waals surface area contributed by atoms with Crippen molar-refractivity contribution >= 4 is 21.9 Å². The van der Waals surface area contributed by atoms with E-state index in [1.54, 1.807) is 0 Å². The smallest absolute Gasteiger partial charge is 0.342 e. The van der Waals surface area contributed by atoms with Crippen molar-refractivity contribution < 1.29 is 24.1 Å². The highest BCUT2D eigenvalue weighted by Crippen LogP contribution is 2.82. The second kappa shape index (κ2) is 3.30. The lowest BCUT2D eigenvalue weighted by Crippen LogP contribution is -2.68. The zero-order chi connectivity index (χ0) is 15.9. The van der Waals surface area contributed by atoms with E-state index in [9.17, 15) is 9.90 Å². The molecule has 0 aromatic heterocycles. The number of hydrogen-bond donors (Lipinski definition) is 1. The lowest BCUT2D eigenvalue weighted by molar-refractivity contribution is -0.226. The van der Waals surface area contributed by atoms with Gasteiger partial charge in [-0.1, -0.05) is 29.8 Å². The number of fused-ring (bicyclic) bond motifs is 1. The minimum absolute atomic E-state index is 0.0992. The second-order valence-electron chi connectivity index (χ2n) is 8.64. The van der Waals surface area contributed by atoms with Crippen molar-refractivity contribution in [3.8, 4) is 0 Å². The topological polar surface area (TPSA) is 68.3 Å². The van der Waals surface area contributed by atoms with Gasteiger partial charge in [0, 0.05) is 23.1 Å². The van der Waals surface area contributed by atoms with Gasteiger partial charge in [-0.25, -0.2) is 4.79 Å². The maximum absolute atomic E-state index is 12.5. The molecular weight excluding hydrogens is 352 g/mol. The molecular formula is C16H21BrO5. The molecule has 122 valence electrons. The van der Waals surface area contributed by atoms with E-state index < -0.39 is 34.4 Å². The second-order valence-corrected chi connectivity index (χ2v) is 9.20. The van der Waals surface area contributed by atoms with Crippen molar-refractivity contribution in [2.24, 2.45) is 16.7 Å². The van der Waals surface area contributed by atoms with Crippen LogP contribution in [0.4, 0.5) is 0 Å². The van der Waals surface area contributed by atoms with Crippen LogP contribution in [0, 0.1) is 16.7 Å². The number of epoxide rings is 1. The molecule has 2 bridgehead atoms. The molecule has 1 N–H and O–H groups in total. The SMILES string of the molecule is CC1(CBr)OC23C[C@H]4O[C@]45C(=O)OC(C(O)C1C2(C)C)C35C. The molecule has 3 aliphatic heterocycles. The molecule has 3 heterocycles. The third kappa shape index (κ3) is 0.954. The maximum atomic E-state index is 12.5. The summed E-state index contributed by atoms with van der Waals surface area (Å²) in [5.74, 6) is -0.411. The Labute approximate surface area is 137 Å². The lowest BCUT2D eigenvalue weighted by Gasteiger charge is -2.56. The van der Waals surface area contributed by atoms with Crippen molar-refractivity contribution in [3.63, 3.8) is 0 Å². The van der Waals surface area contributed by atoms with Crippen molar-refractivity contribution in [3.05, 3.63) is 0 Å². The van der Waals surface area contributed by atoms with Crippen LogP contribution >= 0.6 is 15.9 Å². The predicted molar refractivity (Wildman–Crippen MR) is 79.5 cm³/mol. The van der Waals surface area contributed by atoms with Gasteiger partial charge in [-0.2, -0.15) is 0 Å². The first-order valence-electron chi connectivity index (χ1n) is 7.95. The Morgan fingerprint density at radius 3 is 2.64 bits per heavy atom. The van der Waals surface area contributed by atoms with Crippen LogP contribution in [0.1, 0.15) is 34.1 Å². The summed E-state index contributed by atoms with van der Waals surface area (Å²) in [5.41, 5.74) is -2.80. The van der Waals surface area contributed by atoms with Crippen LogP contribution in [0.3, 0.4) is 0 Å². The van der Waals surface area contributed by atoms with E-state index in [2.05, 4.69) is 36.7 Å². The summed E-state index contributed by atoms with van der Waals surface area (Å²) in [7, 11) is 0. The van der Waals surface area contributed by atoms with E-state index in [4.69, 9.17) is 14.2 Å².